The zero-order chi connectivity index (χ0) is 25.3. The molecule has 2 amide bonds. The molecule has 4 aromatic carbocycles. The SMILES string of the molecule is O=C(Nc1ccc(OCCOc2ccc(NC(=O)c3ccc(F)cc3)cc2)cc1)c1ccc(F)cc1. The van der Waals surface area contributed by atoms with E-state index >= 15 is 0 Å². The standard InChI is InChI=1S/C28H22F2N2O4/c29-21-5-1-19(2-6-21)27(33)31-23-9-13-25(14-10-23)35-17-18-36-26-15-11-24(12-16-26)32-28(34)20-3-7-22(30)8-4-20/h1-16H,17-18H2,(H,31,33)(H,32,34). The Kier molecular flexibility index (Phi) is 7.87. The van der Waals surface area contributed by atoms with E-state index in [9.17, 15) is 18.4 Å². The van der Waals surface area contributed by atoms with E-state index in [1.807, 2.05) is 0 Å². The molecule has 0 spiro atoms. The van der Waals surface area contributed by atoms with E-state index in [0.29, 0.717) is 47.2 Å². The molecule has 0 atom stereocenters. The van der Waals surface area contributed by atoms with Crippen molar-refractivity contribution >= 4 is 23.2 Å². The first-order valence-corrected chi connectivity index (χ1v) is 11.1. The van der Waals surface area contributed by atoms with Crippen LogP contribution in [0, 0.1) is 11.6 Å². The van der Waals surface area contributed by atoms with Crippen molar-refractivity contribution in [2.75, 3.05) is 23.8 Å². The van der Waals surface area contributed by atoms with Gasteiger partial charge in [0.1, 0.15) is 36.3 Å². The molecule has 0 saturated carbocycles. The van der Waals surface area contributed by atoms with E-state index in [2.05, 4.69) is 10.6 Å². The first-order chi connectivity index (χ1) is 17.5. The van der Waals surface area contributed by atoms with E-state index in [-0.39, 0.29) is 11.8 Å². The van der Waals surface area contributed by atoms with Gasteiger partial charge in [-0.05, 0) is 97.1 Å². The molecule has 0 aliphatic heterocycles. The van der Waals surface area contributed by atoms with E-state index < -0.39 is 11.6 Å². The smallest absolute Gasteiger partial charge is 0.255 e. The van der Waals surface area contributed by atoms with Crippen molar-refractivity contribution in [3.05, 3.63) is 120 Å². The Bertz CT molecular complexity index is 1200. The van der Waals surface area contributed by atoms with Gasteiger partial charge in [-0.1, -0.05) is 0 Å². The molecule has 182 valence electrons. The van der Waals surface area contributed by atoms with Crippen LogP contribution in [0.25, 0.3) is 0 Å². The third-order valence-corrected chi connectivity index (χ3v) is 5.06. The van der Waals surface area contributed by atoms with E-state index in [4.69, 9.17) is 9.47 Å². The molecule has 0 aromatic heterocycles. The van der Waals surface area contributed by atoms with Gasteiger partial charge in [-0.3, -0.25) is 9.59 Å². The molecule has 0 aliphatic carbocycles. The van der Waals surface area contributed by atoms with Crippen LogP contribution in [-0.4, -0.2) is 25.0 Å². The summed E-state index contributed by atoms with van der Waals surface area (Å²) in [5, 5.41) is 5.48. The molecule has 0 radical (unpaired) electrons. The summed E-state index contributed by atoms with van der Waals surface area (Å²) in [5.41, 5.74) is 1.88. The van der Waals surface area contributed by atoms with Crippen LogP contribution in [0.3, 0.4) is 0 Å². The number of ether oxygens (including phenoxy) is 2. The maximum absolute atomic E-state index is 13.0. The highest BCUT2D eigenvalue weighted by Gasteiger charge is 2.08. The van der Waals surface area contributed by atoms with Crippen LogP contribution in [0.1, 0.15) is 20.7 Å². The number of benzene rings is 4. The highest BCUT2D eigenvalue weighted by Crippen LogP contribution is 2.19. The Morgan fingerprint density at radius 1 is 0.528 bits per heavy atom. The molecule has 8 heteroatoms. The molecule has 0 bridgehead atoms. The maximum Gasteiger partial charge on any atom is 0.255 e. The van der Waals surface area contributed by atoms with Crippen LogP contribution < -0.4 is 20.1 Å². The number of hydrogen-bond donors (Lipinski definition) is 2. The van der Waals surface area contributed by atoms with Crippen LogP contribution in [0.15, 0.2) is 97.1 Å². The lowest BCUT2D eigenvalue weighted by Gasteiger charge is -2.10. The fourth-order valence-electron chi connectivity index (χ4n) is 3.20. The molecule has 0 fully saturated rings. The number of carbonyl (C=O) groups is 2. The summed E-state index contributed by atoms with van der Waals surface area (Å²) < 4.78 is 37.3. The van der Waals surface area contributed by atoms with Crippen molar-refractivity contribution in [2.45, 2.75) is 0 Å². The van der Waals surface area contributed by atoms with Gasteiger partial charge in [-0.2, -0.15) is 0 Å². The predicted octanol–water partition coefficient (Wildman–Crippen LogP) is 5.93. The second-order valence-corrected chi connectivity index (χ2v) is 7.67. The summed E-state index contributed by atoms with van der Waals surface area (Å²) in [6.07, 6.45) is 0. The van der Waals surface area contributed by atoms with Gasteiger partial charge in [0.05, 0.1) is 0 Å². The number of amides is 2. The lowest BCUT2D eigenvalue weighted by molar-refractivity contribution is 0.101. The van der Waals surface area contributed by atoms with Gasteiger partial charge in [0.25, 0.3) is 11.8 Å². The van der Waals surface area contributed by atoms with Crippen LogP contribution in [0.4, 0.5) is 20.2 Å². The molecule has 36 heavy (non-hydrogen) atoms. The minimum Gasteiger partial charge on any atom is -0.490 e. The van der Waals surface area contributed by atoms with Gasteiger partial charge < -0.3 is 20.1 Å². The minimum atomic E-state index is -0.402. The molecule has 0 heterocycles. The zero-order valence-electron chi connectivity index (χ0n) is 19.0. The number of anilines is 2. The van der Waals surface area contributed by atoms with Gasteiger partial charge in [0.15, 0.2) is 0 Å². The first-order valence-electron chi connectivity index (χ1n) is 11.1. The number of nitrogens with one attached hydrogen (secondary N) is 2. The number of carbonyl (C=O) groups excluding carboxylic acids is 2. The van der Waals surface area contributed by atoms with E-state index in [0.717, 1.165) is 0 Å². The first kappa shape index (κ1) is 24.4. The lowest BCUT2D eigenvalue weighted by Crippen LogP contribution is -2.12. The topological polar surface area (TPSA) is 76.7 Å². The van der Waals surface area contributed by atoms with E-state index in [1.54, 1.807) is 48.5 Å². The highest BCUT2D eigenvalue weighted by molar-refractivity contribution is 6.04. The lowest BCUT2D eigenvalue weighted by atomic mass is 10.2. The highest BCUT2D eigenvalue weighted by atomic mass is 19.1. The van der Waals surface area contributed by atoms with Crippen molar-refractivity contribution in [1.82, 2.24) is 0 Å². The molecule has 2 N–H and O–H groups in total. The van der Waals surface area contributed by atoms with Gasteiger partial charge >= 0.3 is 0 Å². The molecule has 0 aliphatic rings. The molecular weight excluding hydrogens is 466 g/mol. The number of hydrogen-bond acceptors (Lipinski definition) is 4. The number of halogens is 2. The van der Waals surface area contributed by atoms with Gasteiger partial charge in [0.2, 0.25) is 0 Å². The van der Waals surface area contributed by atoms with Crippen molar-refractivity contribution in [3.8, 4) is 11.5 Å². The summed E-state index contributed by atoms with van der Waals surface area (Å²) in [4.78, 5) is 24.4. The van der Waals surface area contributed by atoms with Gasteiger partial charge in [-0.25, -0.2) is 8.78 Å². The van der Waals surface area contributed by atoms with E-state index in [1.165, 1.54) is 48.5 Å². The van der Waals surface area contributed by atoms with Gasteiger partial charge in [-0.15, -0.1) is 0 Å². The second kappa shape index (κ2) is 11.6. The quantitative estimate of drug-likeness (QED) is 0.287. The fraction of sp³-hybridized carbons (Fsp3) is 0.0714. The minimum absolute atomic E-state index is 0.296. The summed E-state index contributed by atoms with van der Waals surface area (Å²) in [6, 6.07) is 24.3. The molecular formula is C28H22F2N2O4. The normalized spacial score (nSPS) is 10.4. The summed E-state index contributed by atoms with van der Waals surface area (Å²) in [7, 11) is 0. The summed E-state index contributed by atoms with van der Waals surface area (Å²) in [6.45, 7) is 0.592. The van der Waals surface area contributed by atoms with Crippen LogP contribution in [-0.2, 0) is 0 Å². The maximum atomic E-state index is 13.0. The van der Waals surface area contributed by atoms with Crippen molar-refractivity contribution in [2.24, 2.45) is 0 Å². The average molecular weight is 488 g/mol. The molecule has 4 rings (SSSR count). The monoisotopic (exact) mass is 488 g/mol. The summed E-state index contributed by atoms with van der Waals surface area (Å²) in [5.74, 6) is -0.257. The third-order valence-electron chi connectivity index (χ3n) is 5.06. The van der Waals surface area contributed by atoms with Crippen LogP contribution in [0.5, 0.6) is 11.5 Å². The largest absolute Gasteiger partial charge is 0.490 e. The molecule has 4 aromatic rings. The Morgan fingerprint density at radius 2 is 0.861 bits per heavy atom. The predicted molar refractivity (Wildman–Crippen MR) is 133 cm³/mol. The number of rotatable bonds is 9. The van der Waals surface area contributed by atoms with Crippen molar-refractivity contribution < 1.29 is 27.8 Å². The second-order valence-electron chi connectivity index (χ2n) is 7.67. The average Bonchev–Trinajstić information content (AvgIpc) is 2.89. The van der Waals surface area contributed by atoms with Crippen molar-refractivity contribution in [1.29, 1.82) is 0 Å². The van der Waals surface area contributed by atoms with Gasteiger partial charge in [0, 0.05) is 22.5 Å². The molecule has 0 unspecified atom stereocenters. The summed E-state index contributed by atoms with van der Waals surface area (Å²) >= 11 is 0. The van der Waals surface area contributed by atoms with Crippen molar-refractivity contribution in [3.63, 3.8) is 0 Å². The molecule has 6 nitrogen and oxygen atoms in total. The Balaban J connectivity index is 1.18. The Hall–Kier alpha value is -4.72. The Morgan fingerprint density at radius 3 is 1.19 bits per heavy atom. The fourth-order valence-corrected chi connectivity index (χ4v) is 3.20. The Labute approximate surface area is 206 Å². The molecule has 0 saturated heterocycles. The van der Waals surface area contributed by atoms with Crippen LogP contribution in [0.2, 0.25) is 0 Å². The van der Waals surface area contributed by atoms with Crippen LogP contribution >= 0.6 is 0 Å². The third kappa shape index (κ3) is 6.89. The zero-order valence-corrected chi connectivity index (χ0v) is 19.0.